The maximum absolute atomic E-state index is 5.84. The third-order valence-electron chi connectivity index (χ3n) is 2.93. The van der Waals surface area contributed by atoms with Crippen molar-refractivity contribution >= 4 is 28.9 Å². The van der Waals surface area contributed by atoms with Crippen LogP contribution in [0.3, 0.4) is 0 Å². The molecule has 6 nitrogen and oxygen atoms in total. The smallest absolute Gasteiger partial charge is 0.226 e. The lowest BCUT2D eigenvalue weighted by atomic mass is 10.1. The van der Waals surface area contributed by atoms with E-state index >= 15 is 0 Å². The molecule has 1 aliphatic rings. The molecule has 0 unspecified atom stereocenters. The van der Waals surface area contributed by atoms with Gasteiger partial charge in [0.1, 0.15) is 6.61 Å². The van der Waals surface area contributed by atoms with Gasteiger partial charge in [-0.3, -0.25) is 4.84 Å². The molecule has 0 bridgehead atoms. The zero-order chi connectivity index (χ0) is 14.0. The van der Waals surface area contributed by atoms with Gasteiger partial charge in [0.05, 0.1) is 0 Å². The average molecular weight is 342 g/mol. The molecule has 0 aliphatic carbocycles. The van der Waals surface area contributed by atoms with Gasteiger partial charge in [0.2, 0.25) is 11.9 Å². The number of nitrogens with two attached hydrogens (primary N) is 2. The maximum atomic E-state index is 5.84. The van der Waals surface area contributed by atoms with Crippen molar-refractivity contribution in [1.82, 2.24) is 5.06 Å². The van der Waals surface area contributed by atoms with E-state index in [2.05, 4.69) is 9.98 Å². The van der Waals surface area contributed by atoms with Crippen LogP contribution in [-0.4, -0.2) is 22.6 Å². The predicted octanol–water partition coefficient (Wildman–Crippen LogP) is 1.69. The number of guanidine groups is 2. The Hall–Kier alpha value is -1.60. The zero-order valence-corrected chi connectivity index (χ0v) is 13.5. The van der Waals surface area contributed by atoms with E-state index in [0.29, 0.717) is 6.61 Å². The second-order valence-corrected chi connectivity index (χ2v) is 4.93. The van der Waals surface area contributed by atoms with Crippen molar-refractivity contribution in [2.24, 2.45) is 21.5 Å². The van der Waals surface area contributed by atoms with Crippen LogP contribution in [0.15, 0.2) is 34.3 Å². The summed E-state index contributed by atoms with van der Waals surface area (Å²) in [5.41, 5.74) is 13.0. The summed E-state index contributed by atoms with van der Waals surface area (Å²) in [6.07, 6.45) is 0. The van der Waals surface area contributed by atoms with E-state index in [9.17, 15) is 0 Å². The fourth-order valence-electron chi connectivity index (χ4n) is 1.92. The number of hydrogen-bond donors (Lipinski definition) is 2. The molecule has 7 heteroatoms. The monoisotopic (exact) mass is 341 g/mol. The quantitative estimate of drug-likeness (QED) is 0.875. The van der Waals surface area contributed by atoms with E-state index < -0.39 is 5.66 Å². The first-order valence-electron chi connectivity index (χ1n) is 6.07. The highest BCUT2D eigenvalue weighted by Crippen LogP contribution is 2.21. The third-order valence-corrected chi connectivity index (χ3v) is 2.93. The lowest BCUT2D eigenvalue weighted by molar-refractivity contribution is -0.167. The standard InChI is InChI=1S/C13H19N5O.BrH/c1-9-6-4-5-7-10(9)8-19-18-12(15)16-11(14)17-13(18,2)3;/h4-7H,8H2,1-3H3,(H4,14,15,16,17);1H. The van der Waals surface area contributed by atoms with Crippen LogP contribution in [0.1, 0.15) is 25.0 Å². The first-order chi connectivity index (χ1) is 8.90. The van der Waals surface area contributed by atoms with Crippen molar-refractivity contribution in [1.29, 1.82) is 0 Å². The highest BCUT2D eigenvalue weighted by atomic mass is 79.9. The van der Waals surface area contributed by atoms with Gasteiger partial charge in [-0.15, -0.1) is 17.0 Å². The number of benzene rings is 1. The Balaban J connectivity index is 0.00000200. The Morgan fingerprint density at radius 3 is 2.50 bits per heavy atom. The van der Waals surface area contributed by atoms with E-state index in [1.165, 1.54) is 5.06 Å². The van der Waals surface area contributed by atoms with Crippen LogP contribution in [0.4, 0.5) is 0 Å². The molecule has 1 aliphatic heterocycles. The van der Waals surface area contributed by atoms with Gasteiger partial charge in [-0.2, -0.15) is 10.1 Å². The Morgan fingerprint density at radius 2 is 1.90 bits per heavy atom. The van der Waals surface area contributed by atoms with Crippen LogP contribution in [0.2, 0.25) is 0 Å². The van der Waals surface area contributed by atoms with Crippen molar-refractivity contribution in [2.45, 2.75) is 33.0 Å². The molecule has 1 aromatic rings. The topological polar surface area (TPSA) is 89.2 Å². The fraction of sp³-hybridized carbons (Fsp3) is 0.385. The molecule has 0 spiro atoms. The summed E-state index contributed by atoms with van der Waals surface area (Å²) in [4.78, 5) is 13.9. The number of rotatable bonds is 3. The van der Waals surface area contributed by atoms with Crippen molar-refractivity contribution < 1.29 is 4.84 Å². The minimum absolute atomic E-state index is 0. The number of aryl methyl sites for hydroxylation is 1. The summed E-state index contributed by atoms with van der Waals surface area (Å²) >= 11 is 0. The fourth-order valence-corrected chi connectivity index (χ4v) is 1.92. The third kappa shape index (κ3) is 3.49. The van der Waals surface area contributed by atoms with Gasteiger partial charge < -0.3 is 11.5 Å². The molecule has 0 radical (unpaired) electrons. The first-order valence-corrected chi connectivity index (χ1v) is 6.07. The number of hydroxylamine groups is 2. The lowest BCUT2D eigenvalue weighted by Gasteiger charge is -2.36. The number of aliphatic imine (C=N–C) groups is 2. The Bertz CT molecular complexity index is 541. The summed E-state index contributed by atoms with van der Waals surface area (Å²) in [6.45, 7) is 6.16. The van der Waals surface area contributed by atoms with Gasteiger partial charge in [-0.25, -0.2) is 4.99 Å². The number of hydrogen-bond acceptors (Lipinski definition) is 6. The second-order valence-electron chi connectivity index (χ2n) is 4.93. The van der Waals surface area contributed by atoms with Crippen LogP contribution in [0, 0.1) is 6.92 Å². The molecule has 0 amide bonds. The number of nitrogens with zero attached hydrogens (tertiary/aromatic N) is 3. The summed E-state index contributed by atoms with van der Waals surface area (Å²) in [6, 6.07) is 8.01. The van der Waals surface area contributed by atoms with Gasteiger partial charge in [0.15, 0.2) is 5.66 Å². The van der Waals surface area contributed by atoms with E-state index in [4.69, 9.17) is 16.3 Å². The van der Waals surface area contributed by atoms with Gasteiger partial charge in [-0.1, -0.05) is 24.3 Å². The second kappa shape index (κ2) is 6.23. The van der Waals surface area contributed by atoms with Gasteiger partial charge in [0.25, 0.3) is 0 Å². The molecule has 0 aromatic heterocycles. The predicted molar refractivity (Wildman–Crippen MR) is 85.5 cm³/mol. The van der Waals surface area contributed by atoms with Gasteiger partial charge in [0, 0.05) is 0 Å². The lowest BCUT2D eigenvalue weighted by Crippen LogP contribution is -2.53. The van der Waals surface area contributed by atoms with Crippen LogP contribution in [0.5, 0.6) is 0 Å². The van der Waals surface area contributed by atoms with Crippen molar-refractivity contribution in [3.63, 3.8) is 0 Å². The maximum Gasteiger partial charge on any atom is 0.226 e. The van der Waals surface area contributed by atoms with Crippen LogP contribution in [-0.2, 0) is 11.4 Å². The van der Waals surface area contributed by atoms with E-state index in [0.717, 1.165) is 11.1 Å². The Morgan fingerprint density at radius 1 is 1.25 bits per heavy atom. The SMILES string of the molecule is Br.Cc1ccccc1CON1C(N)=NC(N)=NC1(C)C. The minimum Gasteiger partial charge on any atom is -0.368 e. The molecular formula is C13H20BrN5O. The summed E-state index contributed by atoms with van der Waals surface area (Å²) in [5, 5.41) is 1.48. The minimum atomic E-state index is -0.668. The largest absolute Gasteiger partial charge is 0.368 e. The Kier molecular flexibility index (Phi) is 5.13. The normalized spacial score (nSPS) is 17.1. The molecule has 4 N–H and O–H groups in total. The van der Waals surface area contributed by atoms with Crippen LogP contribution in [0.25, 0.3) is 0 Å². The summed E-state index contributed by atoms with van der Waals surface area (Å²) < 4.78 is 0. The molecule has 1 aromatic carbocycles. The first kappa shape index (κ1) is 16.5. The molecule has 1 heterocycles. The summed E-state index contributed by atoms with van der Waals surface area (Å²) in [7, 11) is 0. The zero-order valence-electron chi connectivity index (χ0n) is 11.8. The molecule has 2 rings (SSSR count). The van der Waals surface area contributed by atoms with Gasteiger partial charge in [-0.05, 0) is 31.9 Å². The highest BCUT2D eigenvalue weighted by Gasteiger charge is 2.33. The van der Waals surface area contributed by atoms with E-state index in [1.54, 1.807) is 0 Å². The van der Waals surface area contributed by atoms with Crippen molar-refractivity contribution in [3.05, 3.63) is 35.4 Å². The molecule has 0 atom stereocenters. The van der Waals surface area contributed by atoms with E-state index in [1.807, 2.05) is 45.0 Å². The molecule has 0 saturated heterocycles. The molecule has 0 saturated carbocycles. The molecular weight excluding hydrogens is 322 g/mol. The van der Waals surface area contributed by atoms with Crippen molar-refractivity contribution in [2.75, 3.05) is 0 Å². The van der Waals surface area contributed by atoms with E-state index in [-0.39, 0.29) is 28.9 Å². The summed E-state index contributed by atoms with van der Waals surface area (Å²) in [5.74, 6) is 0.379. The van der Waals surface area contributed by atoms with Gasteiger partial charge >= 0.3 is 0 Å². The molecule has 0 fully saturated rings. The van der Waals surface area contributed by atoms with Crippen molar-refractivity contribution in [3.8, 4) is 0 Å². The highest BCUT2D eigenvalue weighted by molar-refractivity contribution is 8.93. The van der Waals surface area contributed by atoms with Crippen LogP contribution < -0.4 is 11.5 Å². The number of halogens is 1. The van der Waals surface area contributed by atoms with Crippen LogP contribution >= 0.6 is 17.0 Å². The average Bonchev–Trinajstić information content (AvgIpc) is 2.28. The Labute approximate surface area is 129 Å². The molecule has 20 heavy (non-hydrogen) atoms. The molecule has 110 valence electrons.